The van der Waals surface area contributed by atoms with Crippen LogP contribution in [-0.4, -0.2) is 22.5 Å². The molecular weight excluding hydrogens is 216 g/mol. The lowest BCUT2D eigenvalue weighted by atomic mass is 9.83. The molecule has 4 nitrogen and oxygen atoms in total. The second-order valence-electron chi connectivity index (χ2n) is 4.47. The smallest absolute Gasteiger partial charge is 0.338 e. The van der Waals surface area contributed by atoms with Crippen molar-refractivity contribution < 1.29 is 9.53 Å². The van der Waals surface area contributed by atoms with Crippen LogP contribution in [0, 0.1) is 0 Å². The molecule has 2 aromatic rings. The van der Waals surface area contributed by atoms with E-state index in [0.717, 1.165) is 11.3 Å². The van der Waals surface area contributed by atoms with E-state index in [1.807, 2.05) is 10.6 Å². The number of methoxy groups -OCH3 is 1. The monoisotopic (exact) mass is 230 g/mol. The van der Waals surface area contributed by atoms with Crippen molar-refractivity contribution in [2.75, 3.05) is 7.11 Å². The van der Waals surface area contributed by atoms with Crippen LogP contribution in [0.1, 0.15) is 41.2 Å². The first-order valence-corrected chi connectivity index (χ1v) is 5.85. The lowest BCUT2D eigenvalue weighted by Crippen LogP contribution is -2.08. The Morgan fingerprint density at radius 1 is 1.53 bits per heavy atom. The lowest BCUT2D eigenvalue weighted by Gasteiger charge is -2.22. The van der Waals surface area contributed by atoms with Crippen molar-refractivity contribution in [3.8, 4) is 0 Å². The molecule has 0 radical (unpaired) electrons. The maximum atomic E-state index is 11.4. The van der Waals surface area contributed by atoms with E-state index in [0.29, 0.717) is 11.5 Å². The number of aromatic nitrogens is 2. The maximum Gasteiger partial charge on any atom is 0.338 e. The van der Waals surface area contributed by atoms with Crippen molar-refractivity contribution in [1.82, 2.24) is 9.38 Å². The van der Waals surface area contributed by atoms with Gasteiger partial charge in [-0.05, 0) is 25.0 Å². The number of nitrogens with zero attached hydrogens (tertiary/aromatic N) is 2. The number of hydrogen-bond acceptors (Lipinski definition) is 3. The summed E-state index contributed by atoms with van der Waals surface area (Å²) in [5, 5.41) is 0. The van der Waals surface area contributed by atoms with Crippen LogP contribution in [0.2, 0.25) is 0 Å². The molecule has 2 heterocycles. The number of pyridine rings is 1. The molecule has 1 fully saturated rings. The summed E-state index contributed by atoms with van der Waals surface area (Å²) < 4.78 is 6.65. The van der Waals surface area contributed by atoms with E-state index in [4.69, 9.17) is 4.74 Å². The third-order valence-corrected chi connectivity index (χ3v) is 3.42. The number of imidazole rings is 1. The normalized spacial score (nSPS) is 15.8. The minimum Gasteiger partial charge on any atom is -0.465 e. The molecule has 0 N–H and O–H groups in total. The van der Waals surface area contributed by atoms with E-state index in [1.54, 1.807) is 12.1 Å². The second-order valence-corrected chi connectivity index (χ2v) is 4.47. The van der Waals surface area contributed by atoms with Crippen LogP contribution < -0.4 is 0 Å². The summed E-state index contributed by atoms with van der Waals surface area (Å²) in [7, 11) is 1.39. The van der Waals surface area contributed by atoms with E-state index in [1.165, 1.54) is 26.4 Å². The van der Waals surface area contributed by atoms with Crippen molar-refractivity contribution in [2.45, 2.75) is 25.2 Å². The Labute approximate surface area is 99.2 Å². The Morgan fingerprint density at radius 3 is 3.00 bits per heavy atom. The predicted octanol–water partition coefficient (Wildman–Crippen LogP) is 2.39. The van der Waals surface area contributed by atoms with Crippen molar-refractivity contribution in [1.29, 1.82) is 0 Å². The SMILES string of the molecule is COC(=O)c1ccn2cc(C3CCC3)nc2c1. The number of hydrogen-bond donors (Lipinski definition) is 0. The first kappa shape index (κ1) is 10.3. The summed E-state index contributed by atoms with van der Waals surface area (Å²) in [6.07, 6.45) is 7.67. The van der Waals surface area contributed by atoms with Gasteiger partial charge in [-0.25, -0.2) is 9.78 Å². The van der Waals surface area contributed by atoms with Gasteiger partial charge in [-0.3, -0.25) is 0 Å². The fraction of sp³-hybridized carbons (Fsp3) is 0.385. The molecule has 88 valence electrons. The van der Waals surface area contributed by atoms with E-state index >= 15 is 0 Å². The van der Waals surface area contributed by atoms with Gasteiger partial charge in [0.25, 0.3) is 0 Å². The van der Waals surface area contributed by atoms with Gasteiger partial charge in [0.15, 0.2) is 0 Å². The Morgan fingerprint density at radius 2 is 2.35 bits per heavy atom. The van der Waals surface area contributed by atoms with Gasteiger partial charge in [0.2, 0.25) is 0 Å². The molecule has 0 aliphatic heterocycles. The zero-order valence-corrected chi connectivity index (χ0v) is 9.72. The average molecular weight is 230 g/mol. The summed E-state index contributed by atoms with van der Waals surface area (Å²) in [4.78, 5) is 16.0. The number of esters is 1. The number of fused-ring (bicyclic) bond motifs is 1. The summed E-state index contributed by atoms with van der Waals surface area (Å²) in [6.45, 7) is 0. The molecule has 0 unspecified atom stereocenters. The topological polar surface area (TPSA) is 43.6 Å². The second kappa shape index (κ2) is 3.87. The Hall–Kier alpha value is -1.84. The highest BCUT2D eigenvalue weighted by atomic mass is 16.5. The molecule has 3 rings (SSSR count). The van der Waals surface area contributed by atoms with Gasteiger partial charge in [0.1, 0.15) is 5.65 Å². The predicted molar refractivity (Wildman–Crippen MR) is 63.1 cm³/mol. The molecular formula is C13H14N2O2. The molecule has 0 bridgehead atoms. The van der Waals surface area contributed by atoms with E-state index in [9.17, 15) is 4.79 Å². The van der Waals surface area contributed by atoms with Crippen molar-refractivity contribution in [3.63, 3.8) is 0 Å². The van der Waals surface area contributed by atoms with E-state index < -0.39 is 0 Å². The van der Waals surface area contributed by atoms with E-state index in [-0.39, 0.29) is 5.97 Å². The highest BCUT2D eigenvalue weighted by molar-refractivity contribution is 5.90. The van der Waals surface area contributed by atoms with Crippen LogP contribution in [0.5, 0.6) is 0 Å². The Kier molecular flexibility index (Phi) is 2.35. The van der Waals surface area contributed by atoms with Crippen molar-refractivity contribution in [2.24, 2.45) is 0 Å². The summed E-state index contributed by atoms with van der Waals surface area (Å²) in [5.74, 6) is 0.289. The number of ether oxygens (including phenoxy) is 1. The van der Waals surface area contributed by atoms with Crippen molar-refractivity contribution >= 4 is 11.6 Å². The quantitative estimate of drug-likeness (QED) is 0.744. The number of carbonyl (C=O) groups is 1. The highest BCUT2D eigenvalue weighted by Gasteiger charge is 2.22. The molecule has 1 saturated carbocycles. The largest absolute Gasteiger partial charge is 0.465 e. The zero-order valence-electron chi connectivity index (χ0n) is 9.72. The van der Waals surface area contributed by atoms with Crippen LogP contribution in [0.4, 0.5) is 0 Å². The first-order valence-electron chi connectivity index (χ1n) is 5.85. The summed E-state index contributed by atoms with van der Waals surface area (Å²) >= 11 is 0. The molecule has 1 aliphatic rings. The molecule has 0 saturated heterocycles. The fourth-order valence-electron chi connectivity index (χ4n) is 2.15. The van der Waals surface area contributed by atoms with Gasteiger partial charge in [-0.2, -0.15) is 0 Å². The minimum absolute atomic E-state index is 0.319. The molecule has 0 spiro atoms. The van der Waals surface area contributed by atoms with Gasteiger partial charge in [0, 0.05) is 18.3 Å². The minimum atomic E-state index is -0.319. The third kappa shape index (κ3) is 1.69. The van der Waals surface area contributed by atoms with Crippen LogP contribution in [0.15, 0.2) is 24.5 Å². The van der Waals surface area contributed by atoms with Crippen LogP contribution >= 0.6 is 0 Å². The molecule has 0 aromatic carbocycles. The number of rotatable bonds is 2. The Balaban J connectivity index is 2.00. The van der Waals surface area contributed by atoms with Gasteiger partial charge in [-0.15, -0.1) is 0 Å². The van der Waals surface area contributed by atoms with Crippen LogP contribution in [-0.2, 0) is 4.74 Å². The maximum absolute atomic E-state index is 11.4. The summed E-state index contributed by atoms with van der Waals surface area (Å²) in [6, 6.07) is 3.53. The molecule has 17 heavy (non-hydrogen) atoms. The first-order chi connectivity index (χ1) is 8.28. The van der Waals surface area contributed by atoms with Crippen LogP contribution in [0.3, 0.4) is 0 Å². The van der Waals surface area contributed by atoms with Crippen LogP contribution in [0.25, 0.3) is 5.65 Å². The molecule has 0 amide bonds. The van der Waals surface area contributed by atoms with Gasteiger partial charge >= 0.3 is 5.97 Å². The highest BCUT2D eigenvalue weighted by Crippen LogP contribution is 2.35. The van der Waals surface area contributed by atoms with E-state index in [2.05, 4.69) is 11.2 Å². The van der Waals surface area contributed by atoms with Gasteiger partial charge < -0.3 is 9.14 Å². The standard InChI is InChI=1S/C13H14N2O2/c1-17-13(16)10-5-6-15-8-11(9-3-2-4-9)14-12(15)7-10/h5-9H,2-4H2,1H3. The average Bonchev–Trinajstić information content (AvgIpc) is 2.67. The van der Waals surface area contributed by atoms with Gasteiger partial charge in [0.05, 0.1) is 18.4 Å². The molecule has 4 heteroatoms. The van der Waals surface area contributed by atoms with Gasteiger partial charge in [-0.1, -0.05) is 6.42 Å². The fourth-order valence-corrected chi connectivity index (χ4v) is 2.15. The molecule has 0 atom stereocenters. The number of carbonyl (C=O) groups excluding carboxylic acids is 1. The third-order valence-electron chi connectivity index (χ3n) is 3.42. The molecule has 1 aliphatic carbocycles. The zero-order chi connectivity index (χ0) is 11.8. The molecule has 2 aromatic heterocycles. The van der Waals surface area contributed by atoms with Crippen molar-refractivity contribution in [3.05, 3.63) is 35.8 Å². The Bertz CT molecular complexity index is 570. The lowest BCUT2D eigenvalue weighted by molar-refractivity contribution is 0.0600. The summed E-state index contributed by atoms with van der Waals surface area (Å²) in [5.41, 5.74) is 2.50.